The molecule has 1 heterocycles. The molecule has 0 aliphatic rings. The molecule has 0 saturated carbocycles. The van der Waals surface area contributed by atoms with Crippen molar-refractivity contribution in [2.45, 2.75) is 48.1 Å². The summed E-state index contributed by atoms with van der Waals surface area (Å²) in [4.78, 5) is 12.3. The molecule has 3 heteroatoms. The van der Waals surface area contributed by atoms with Crippen LogP contribution in [0.1, 0.15) is 38.9 Å². The molecule has 0 fully saturated rings. The van der Waals surface area contributed by atoms with Crippen molar-refractivity contribution in [3.63, 3.8) is 0 Å². The Kier molecular flexibility index (Phi) is 5.45. The smallest absolute Gasteiger partial charge is 0.336 e. The van der Waals surface area contributed by atoms with Crippen molar-refractivity contribution in [3.8, 4) is 16.9 Å². The Morgan fingerprint density at radius 1 is 0.774 bits per heavy atom. The van der Waals surface area contributed by atoms with E-state index in [2.05, 4.69) is 34.6 Å². The van der Waals surface area contributed by atoms with E-state index < -0.39 is 0 Å². The highest BCUT2D eigenvalue weighted by Gasteiger charge is 2.17. The molecule has 0 radical (unpaired) electrons. The van der Waals surface area contributed by atoms with Crippen LogP contribution in [-0.2, 0) is 6.61 Å². The fourth-order valence-electron chi connectivity index (χ4n) is 4.30. The average molecular weight is 413 g/mol. The lowest BCUT2D eigenvalue weighted by atomic mass is 9.90. The molecule has 4 rings (SSSR count). The molecule has 0 unspecified atom stereocenters. The lowest BCUT2D eigenvalue weighted by molar-refractivity contribution is 0.307. The zero-order valence-electron chi connectivity index (χ0n) is 19.1. The Hall–Kier alpha value is -3.33. The second kappa shape index (κ2) is 8.07. The summed E-state index contributed by atoms with van der Waals surface area (Å²) in [5.41, 5.74) is 10.7. The van der Waals surface area contributed by atoms with Crippen LogP contribution >= 0.6 is 0 Å². The molecule has 31 heavy (non-hydrogen) atoms. The van der Waals surface area contributed by atoms with E-state index in [1.165, 1.54) is 33.4 Å². The summed E-state index contributed by atoms with van der Waals surface area (Å²) in [6.07, 6.45) is 0. The van der Waals surface area contributed by atoms with E-state index >= 15 is 0 Å². The number of ether oxygens (including phenoxy) is 1. The average Bonchev–Trinajstić information content (AvgIpc) is 2.75. The zero-order valence-corrected chi connectivity index (χ0v) is 19.1. The SMILES string of the molecule is Cc1cc(OCc2c(C)c(C)c(C)c(C)c2C)c2c(-c3ccccc3)cc(=O)oc2c1. The molecule has 0 atom stereocenters. The molecule has 0 N–H and O–H groups in total. The van der Waals surface area contributed by atoms with Crippen molar-refractivity contribution in [1.29, 1.82) is 0 Å². The molecular weight excluding hydrogens is 384 g/mol. The van der Waals surface area contributed by atoms with Crippen molar-refractivity contribution in [2.24, 2.45) is 0 Å². The molecule has 0 amide bonds. The standard InChI is InChI=1S/C28H28O3/c1-16-12-25(30-15-24-20(5)18(3)17(2)19(4)21(24)6)28-23(22-10-8-7-9-11-22)14-27(29)31-26(28)13-16/h7-14H,15H2,1-6H3. The molecule has 0 bridgehead atoms. The Morgan fingerprint density at radius 3 is 2.03 bits per heavy atom. The first-order valence-electron chi connectivity index (χ1n) is 10.6. The molecular formula is C28H28O3. The first-order chi connectivity index (χ1) is 14.8. The molecule has 4 aromatic rings. The summed E-state index contributed by atoms with van der Waals surface area (Å²) >= 11 is 0. The third-order valence-electron chi connectivity index (χ3n) is 6.56. The van der Waals surface area contributed by atoms with Crippen molar-refractivity contribution in [1.82, 2.24) is 0 Å². The minimum Gasteiger partial charge on any atom is -0.488 e. The summed E-state index contributed by atoms with van der Waals surface area (Å²) < 4.78 is 12.0. The molecule has 158 valence electrons. The normalized spacial score (nSPS) is 11.2. The monoisotopic (exact) mass is 412 g/mol. The number of hydrogen-bond donors (Lipinski definition) is 0. The first kappa shape index (κ1) is 20.9. The van der Waals surface area contributed by atoms with Crippen LogP contribution in [0.4, 0.5) is 0 Å². The van der Waals surface area contributed by atoms with Gasteiger partial charge in [-0.05, 0) is 98.2 Å². The van der Waals surface area contributed by atoms with Gasteiger partial charge in [-0.25, -0.2) is 4.79 Å². The summed E-state index contributed by atoms with van der Waals surface area (Å²) in [7, 11) is 0. The lowest BCUT2D eigenvalue weighted by Gasteiger charge is -2.20. The number of rotatable bonds is 4. The van der Waals surface area contributed by atoms with E-state index in [0.29, 0.717) is 12.2 Å². The molecule has 3 nitrogen and oxygen atoms in total. The number of fused-ring (bicyclic) bond motifs is 1. The molecule has 0 spiro atoms. The van der Waals surface area contributed by atoms with Gasteiger partial charge in [-0.15, -0.1) is 0 Å². The second-order valence-corrected chi connectivity index (χ2v) is 8.37. The Balaban J connectivity index is 1.87. The van der Waals surface area contributed by atoms with Gasteiger partial charge in [0, 0.05) is 11.6 Å². The number of aryl methyl sites for hydroxylation is 1. The molecule has 0 aliphatic heterocycles. The van der Waals surface area contributed by atoms with Gasteiger partial charge in [0.1, 0.15) is 17.9 Å². The highest BCUT2D eigenvalue weighted by molar-refractivity contribution is 5.98. The van der Waals surface area contributed by atoms with Gasteiger partial charge >= 0.3 is 5.63 Å². The third-order valence-corrected chi connectivity index (χ3v) is 6.56. The van der Waals surface area contributed by atoms with Crippen LogP contribution in [0.2, 0.25) is 0 Å². The van der Waals surface area contributed by atoms with E-state index in [9.17, 15) is 4.79 Å². The summed E-state index contributed by atoms with van der Waals surface area (Å²) in [5.74, 6) is 0.729. The molecule has 0 aliphatic carbocycles. The van der Waals surface area contributed by atoms with Crippen LogP contribution in [0, 0.1) is 41.5 Å². The predicted molar refractivity (Wildman–Crippen MR) is 127 cm³/mol. The van der Waals surface area contributed by atoms with Gasteiger partial charge in [-0.2, -0.15) is 0 Å². The van der Waals surface area contributed by atoms with Crippen molar-refractivity contribution in [3.05, 3.63) is 97.9 Å². The van der Waals surface area contributed by atoms with E-state index in [4.69, 9.17) is 9.15 Å². The van der Waals surface area contributed by atoms with Gasteiger partial charge in [0.2, 0.25) is 0 Å². The van der Waals surface area contributed by atoms with Gasteiger partial charge in [0.05, 0.1) is 5.39 Å². The van der Waals surface area contributed by atoms with Crippen LogP contribution in [0.25, 0.3) is 22.1 Å². The van der Waals surface area contributed by atoms with Gasteiger partial charge in [0.25, 0.3) is 0 Å². The Morgan fingerprint density at radius 2 is 1.39 bits per heavy atom. The topological polar surface area (TPSA) is 39.4 Å². The Labute approximate surface area is 183 Å². The van der Waals surface area contributed by atoms with Crippen LogP contribution in [0.15, 0.2) is 57.7 Å². The van der Waals surface area contributed by atoms with Crippen LogP contribution < -0.4 is 10.4 Å². The minimum absolute atomic E-state index is 0.362. The van der Waals surface area contributed by atoms with Gasteiger partial charge in [-0.3, -0.25) is 0 Å². The van der Waals surface area contributed by atoms with Gasteiger partial charge in [-0.1, -0.05) is 30.3 Å². The lowest BCUT2D eigenvalue weighted by Crippen LogP contribution is -2.07. The number of hydrogen-bond acceptors (Lipinski definition) is 3. The van der Waals surface area contributed by atoms with Crippen molar-refractivity contribution < 1.29 is 9.15 Å². The predicted octanol–water partition coefficient (Wildman–Crippen LogP) is 6.89. The Bertz CT molecular complexity index is 1320. The van der Waals surface area contributed by atoms with Crippen LogP contribution in [0.3, 0.4) is 0 Å². The minimum atomic E-state index is -0.362. The molecule has 1 aromatic heterocycles. The fourth-order valence-corrected chi connectivity index (χ4v) is 4.30. The zero-order chi connectivity index (χ0) is 22.3. The summed E-state index contributed by atoms with van der Waals surface area (Å²) in [6, 6.07) is 15.4. The first-order valence-corrected chi connectivity index (χ1v) is 10.6. The maximum atomic E-state index is 12.3. The fraction of sp³-hybridized carbons (Fsp3) is 0.250. The van der Waals surface area contributed by atoms with Gasteiger partial charge < -0.3 is 9.15 Å². The number of benzene rings is 3. The maximum absolute atomic E-state index is 12.3. The third kappa shape index (κ3) is 3.76. The molecule has 0 saturated heterocycles. The highest BCUT2D eigenvalue weighted by Crippen LogP contribution is 2.36. The quantitative estimate of drug-likeness (QED) is 0.343. The molecule has 3 aromatic carbocycles. The maximum Gasteiger partial charge on any atom is 0.336 e. The highest BCUT2D eigenvalue weighted by atomic mass is 16.5. The van der Waals surface area contributed by atoms with Crippen LogP contribution in [-0.4, -0.2) is 0 Å². The van der Waals surface area contributed by atoms with Crippen molar-refractivity contribution in [2.75, 3.05) is 0 Å². The van der Waals surface area contributed by atoms with E-state index in [1.807, 2.05) is 49.4 Å². The second-order valence-electron chi connectivity index (χ2n) is 8.37. The van der Waals surface area contributed by atoms with E-state index in [0.717, 1.165) is 27.8 Å². The summed E-state index contributed by atoms with van der Waals surface area (Å²) in [5, 5.41) is 0.826. The van der Waals surface area contributed by atoms with Crippen LogP contribution in [0.5, 0.6) is 5.75 Å². The van der Waals surface area contributed by atoms with Gasteiger partial charge in [0.15, 0.2) is 0 Å². The van der Waals surface area contributed by atoms with Crippen molar-refractivity contribution >= 4 is 11.0 Å². The van der Waals surface area contributed by atoms with E-state index in [1.54, 1.807) is 6.07 Å². The van der Waals surface area contributed by atoms with E-state index in [-0.39, 0.29) is 5.63 Å². The largest absolute Gasteiger partial charge is 0.488 e. The summed E-state index contributed by atoms with van der Waals surface area (Å²) in [6.45, 7) is 13.3.